The minimum atomic E-state index is -2.25. The molecule has 0 bridgehead atoms. The molecule has 0 fully saturated rings. The molecule has 0 amide bonds. The van der Waals surface area contributed by atoms with E-state index in [0.717, 1.165) is 27.6 Å². The van der Waals surface area contributed by atoms with E-state index in [9.17, 15) is 4.79 Å². The van der Waals surface area contributed by atoms with Crippen LogP contribution < -0.4 is 10.2 Å². The number of halogens is 1. The molecular formula is C26H34ClN4O2Si+. The predicted molar refractivity (Wildman–Crippen MR) is 141 cm³/mol. The van der Waals surface area contributed by atoms with Crippen LogP contribution in [0.15, 0.2) is 63.3 Å². The number of allylic oxidation sites excluding steroid dienone is 3. The lowest BCUT2D eigenvalue weighted by Gasteiger charge is -2.43. The molecule has 2 N–H and O–H groups in total. The van der Waals surface area contributed by atoms with Gasteiger partial charge in [-0.15, -0.1) is 0 Å². The normalized spacial score (nSPS) is 21.2. The molecular weight excluding hydrogens is 464 g/mol. The summed E-state index contributed by atoms with van der Waals surface area (Å²) in [6.07, 6.45) is 5.80. The van der Waals surface area contributed by atoms with Crippen molar-refractivity contribution in [2.24, 2.45) is 9.98 Å². The van der Waals surface area contributed by atoms with Gasteiger partial charge in [0.2, 0.25) is 11.5 Å². The molecule has 8 heteroatoms. The van der Waals surface area contributed by atoms with Crippen LogP contribution >= 0.6 is 11.6 Å². The summed E-state index contributed by atoms with van der Waals surface area (Å²) in [7, 11) is -2.25. The number of ketones is 1. The van der Waals surface area contributed by atoms with Gasteiger partial charge in [0.1, 0.15) is 0 Å². The Morgan fingerprint density at radius 2 is 1.82 bits per heavy atom. The summed E-state index contributed by atoms with van der Waals surface area (Å²) < 4.78 is 6.79. The number of aryl methyl sites for hydroxylation is 1. The Hall–Kier alpha value is -2.48. The van der Waals surface area contributed by atoms with E-state index in [-0.39, 0.29) is 12.2 Å². The van der Waals surface area contributed by atoms with E-state index in [1.54, 1.807) is 6.20 Å². The topological polar surface area (TPSA) is 67.5 Å². The highest BCUT2D eigenvalue weighted by molar-refractivity contribution is 6.78. The monoisotopic (exact) mass is 497 g/mol. The van der Waals surface area contributed by atoms with E-state index in [1.807, 2.05) is 37.5 Å². The molecule has 4 rings (SSSR count). The van der Waals surface area contributed by atoms with Crippen molar-refractivity contribution in [3.05, 3.63) is 63.9 Å². The molecule has 1 aliphatic carbocycles. The highest BCUT2D eigenvalue weighted by Crippen LogP contribution is 2.44. The maximum atomic E-state index is 13.3. The Morgan fingerprint density at radius 1 is 1.15 bits per heavy atom. The minimum Gasteiger partial charge on any atom is -0.540 e. The van der Waals surface area contributed by atoms with Gasteiger partial charge in [-0.2, -0.15) is 0 Å². The van der Waals surface area contributed by atoms with Gasteiger partial charge in [-0.25, -0.2) is 14.9 Å². The third kappa shape index (κ3) is 4.10. The average Bonchev–Trinajstić information content (AvgIpc) is 3.24. The highest BCUT2D eigenvalue weighted by atomic mass is 35.5. The molecule has 3 aliphatic rings. The number of rotatable bonds is 6. The summed E-state index contributed by atoms with van der Waals surface area (Å²) >= 11 is 6.43. The molecule has 180 valence electrons. The van der Waals surface area contributed by atoms with Crippen molar-refractivity contribution >= 4 is 43.6 Å². The average molecular weight is 498 g/mol. The Labute approximate surface area is 208 Å². The van der Waals surface area contributed by atoms with Gasteiger partial charge in [-0.3, -0.25) is 4.79 Å². The standard InChI is InChI=1S/C26H33ClN4O2Si/c1-15(2)34(16(3)4,17(5)6)33-24-12-21-20(11-23(24)32)29-26(22-13-28-14-31(21)22)30-25-18(7)9-8-10-19(25)27/h8-10,12-17H,11H2,1-7H3,(H,29,30)/p+1. The highest BCUT2D eigenvalue weighted by Gasteiger charge is 2.49. The maximum Gasteiger partial charge on any atom is 0.258 e. The van der Waals surface area contributed by atoms with Crippen LogP contribution in [0.1, 0.15) is 53.5 Å². The van der Waals surface area contributed by atoms with Crippen molar-refractivity contribution < 1.29 is 14.1 Å². The lowest BCUT2D eigenvalue weighted by Crippen LogP contribution is -3.08. The summed E-state index contributed by atoms with van der Waals surface area (Å²) in [5.74, 6) is 1.14. The first kappa shape index (κ1) is 24.6. The SMILES string of the molecule is Cc1cccc(Cl)c1N=C1NC2=C(C=C(O[Si](C(C)C)(C(C)C)C(C)C)C(=O)C2)[NH+]2C=NC=C12. The van der Waals surface area contributed by atoms with Crippen molar-refractivity contribution in [2.75, 3.05) is 0 Å². The zero-order valence-electron chi connectivity index (χ0n) is 21.0. The van der Waals surface area contributed by atoms with Gasteiger partial charge >= 0.3 is 0 Å². The van der Waals surface area contributed by atoms with Crippen LogP contribution in [0.5, 0.6) is 0 Å². The Bertz CT molecular complexity index is 1140. The molecule has 0 spiro atoms. The lowest BCUT2D eigenvalue weighted by molar-refractivity contribution is -0.697. The maximum absolute atomic E-state index is 13.3. The van der Waals surface area contributed by atoms with E-state index in [2.05, 4.69) is 51.9 Å². The number of carbonyl (C=O) groups excluding carboxylic acids is 1. The van der Waals surface area contributed by atoms with Crippen molar-refractivity contribution in [3.8, 4) is 0 Å². The molecule has 6 nitrogen and oxygen atoms in total. The second-order valence-corrected chi connectivity index (χ2v) is 15.9. The van der Waals surface area contributed by atoms with Crippen molar-refractivity contribution in [1.82, 2.24) is 5.32 Å². The fraction of sp³-hybridized carbons (Fsp3) is 0.423. The van der Waals surface area contributed by atoms with Crippen LogP contribution in [0.3, 0.4) is 0 Å². The largest absolute Gasteiger partial charge is 0.540 e. The number of hydrogen-bond donors (Lipinski definition) is 2. The fourth-order valence-corrected chi connectivity index (χ4v) is 11.1. The molecule has 2 heterocycles. The fourth-order valence-electron chi connectivity index (χ4n) is 5.53. The zero-order chi connectivity index (χ0) is 24.8. The Balaban J connectivity index is 1.75. The molecule has 1 atom stereocenters. The zero-order valence-corrected chi connectivity index (χ0v) is 22.7. The number of aliphatic imine (C=N–C) groups is 2. The second-order valence-electron chi connectivity index (χ2n) is 10.1. The van der Waals surface area contributed by atoms with E-state index in [4.69, 9.17) is 21.0 Å². The first-order valence-corrected chi connectivity index (χ1v) is 14.5. The van der Waals surface area contributed by atoms with Crippen LogP contribution in [0.2, 0.25) is 21.6 Å². The smallest absolute Gasteiger partial charge is 0.258 e. The third-order valence-electron chi connectivity index (χ3n) is 7.13. The van der Waals surface area contributed by atoms with Gasteiger partial charge in [-0.05, 0) is 35.2 Å². The van der Waals surface area contributed by atoms with Gasteiger partial charge in [0.25, 0.3) is 8.32 Å². The number of quaternary nitrogens is 1. The van der Waals surface area contributed by atoms with Crippen LogP contribution in [-0.4, -0.2) is 26.3 Å². The second kappa shape index (κ2) is 9.28. The molecule has 1 aromatic rings. The van der Waals surface area contributed by atoms with Gasteiger partial charge in [-0.1, -0.05) is 65.3 Å². The molecule has 0 saturated heterocycles. The van der Waals surface area contributed by atoms with E-state index < -0.39 is 8.32 Å². The van der Waals surface area contributed by atoms with Crippen molar-refractivity contribution in [3.63, 3.8) is 0 Å². The van der Waals surface area contributed by atoms with Crippen LogP contribution in [0.25, 0.3) is 0 Å². The number of nitrogens with one attached hydrogen (secondary N) is 2. The first-order valence-electron chi connectivity index (χ1n) is 12.0. The molecule has 0 radical (unpaired) electrons. The van der Waals surface area contributed by atoms with Gasteiger partial charge < -0.3 is 9.74 Å². The molecule has 34 heavy (non-hydrogen) atoms. The van der Waals surface area contributed by atoms with Gasteiger partial charge in [0.15, 0.2) is 23.6 Å². The number of hydrogen-bond acceptors (Lipinski definition) is 4. The Morgan fingerprint density at radius 3 is 2.44 bits per heavy atom. The Kier molecular flexibility index (Phi) is 6.73. The first-order chi connectivity index (χ1) is 16.1. The number of fused-ring (bicyclic) bond motifs is 2. The molecule has 2 aliphatic heterocycles. The molecule has 1 unspecified atom stereocenters. The summed E-state index contributed by atoms with van der Waals surface area (Å²) in [6, 6.07) is 5.72. The molecule has 1 aromatic carbocycles. The number of benzene rings is 1. The van der Waals surface area contributed by atoms with Gasteiger partial charge in [0.05, 0.1) is 29.0 Å². The number of para-hydroxylation sites is 1. The molecule has 0 aromatic heterocycles. The number of amidine groups is 1. The van der Waals surface area contributed by atoms with Crippen molar-refractivity contribution in [2.45, 2.75) is 71.5 Å². The van der Waals surface area contributed by atoms with E-state index in [0.29, 0.717) is 38.9 Å². The quantitative estimate of drug-likeness (QED) is 0.523. The summed E-state index contributed by atoms with van der Waals surface area (Å²) in [5, 5.41) is 3.99. The van der Waals surface area contributed by atoms with Crippen molar-refractivity contribution in [1.29, 1.82) is 0 Å². The summed E-state index contributed by atoms with van der Waals surface area (Å²) in [4.78, 5) is 23.5. The van der Waals surface area contributed by atoms with Crippen LogP contribution in [0, 0.1) is 6.92 Å². The summed E-state index contributed by atoms with van der Waals surface area (Å²) in [5.41, 5.74) is 5.52. The lowest BCUT2D eigenvalue weighted by atomic mass is 10.0. The molecule has 0 saturated carbocycles. The van der Waals surface area contributed by atoms with E-state index in [1.165, 1.54) is 0 Å². The van der Waals surface area contributed by atoms with Crippen LogP contribution in [-0.2, 0) is 9.22 Å². The number of nitrogens with zero attached hydrogens (tertiary/aromatic N) is 2. The summed E-state index contributed by atoms with van der Waals surface area (Å²) in [6.45, 7) is 15.3. The van der Waals surface area contributed by atoms with Gasteiger partial charge in [0, 0.05) is 6.08 Å². The van der Waals surface area contributed by atoms with Crippen LogP contribution in [0.4, 0.5) is 5.69 Å². The third-order valence-corrected chi connectivity index (χ3v) is 13.4. The van der Waals surface area contributed by atoms with E-state index >= 15 is 0 Å². The number of carbonyl (C=O) groups is 1. The predicted octanol–water partition coefficient (Wildman–Crippen LogP) is 5.31. The number of Topliss-reactive ketones (excluding diaryl/α,β-unsaturated/α-hetero) is 1. The minimum absolute atomic E-state index is 0.00122.